The third kappa shape index (κ3) is 4.28. The first-order valence-corrected chi connectivity index (χ1v) is 10.2. The predicted molar refractivity (Wildman–Crippen MR) is 116 cm³/mol. The van der Waals surface area contributed by atoms with Crippen molar-refractivity contribution in [2.45, 2.75) is 53.0 Å². The first kappa shape index (κ1) is 21.3. The van der Waals surface area contributed by atoms with Gasteiger partial charge in [-0.25, -0.2) is 4.98 Å². The molecule has 2 unspecified atom stereocenters. The van der Waals surface area contributed by atoms with E-state index in [-0.39, 0.29) is 35.4 Å². The standard InChI is InChI=1S/C23H27N5O2/c1-5-13(2)21(22-26-18-8-6-7-9-19(18)27-22)28-20(29)11-10-16-14(3)17(12-24)23(30)25-15(16)4/h6-9,13,21H,5,10-11H2,1-4H3,(H,25,30)(H,26,27)(H,28,29). The molecule has 0 saturated carbocycles. The molecular weight excluding hydrogens is 378 g/mol. The average Bonchev–Trinajstić information content (AvgIpc) is 3.15. The Morgan fingerprint density at radius 2 is 2.00 bits per heavy atom. The lowest BCUT2D eigenvalue weighted by Gasteiger charge is -2.22. The van der Waals surface area contributed by atoms with Crippen LogP contribution in [-0.4, -0.2) is 20.9 Å². The molecule has 0 radical (unpaired) electrons. The Hall–Kier alpha value is -3.40. The molecule has 3 rings (SSSR count). The molecule has 0 spiro atoms. The third-order valence-corrected chi connectivity index (χ3v) is 5.75. The second kappa shape index (κ2) is 8.95. The van der Waals surface area contributed by atoms with Gasteiger partial charge in [0.25, 0.3) is 5.56 Å². The number of pyridine rings is 1. The van der Waals surface area contributed by atoms with Crippen molar-refractivity contribution in [2.75, 3.05) is 0 Å². The number of carbonyl (C=O) groups excluding carboxylic acids is 1. The van der Waals surface area contributed by atoms with Crippen LogP contribution in [0, 0.1) is 31.1 Å². The first-order valence-electron chi connectivity index (χ1n) is 10.2. The lowest BCUT2D eigenvalue weighted by atomic mass is 9.97. The molecule has 7 heteroatoms. The maximum absolute atomic E-state index is 12.8. The molecule has 0 aliphatic heterocycles. The minimum Gasteiger partial charge on any atom is -0.346 e. The minimum absolute atomic E-state index is 0.0933. The van der Waals surface area contributed by atoms with E-state index in [9.17, 15) is 14.9 Å². The van der Waals surface area contributed by atoms with Crippen molar-refractivity contribution < 1.29 is 4.79 Å². The number of nitrogens with one attached hydrogen (secondary N) is 3. The highest BCUT2D eigenvalue weighted by Gasteiger charge is 2.24. The zero-order valence-electron chi connectivity index (χ0n) is 17.8. The smallest absolute Gasteiger partial charge is 0.266 e. The number of aromatic amines is 2. The van der Waals surface area contributed by atoms with E-state index in [0.717, 1.165) is 28.8 Å². The van der Waals surface area contributed by atoms with Gasteiger partial charge in [-0.1, -0.05) is 32.4 Å². The van der Waals surface area contributed by atoms with Crippen molar-refractivity contribution in [2.24, 2.45) is 5.92 Å². The Kier molecular flexibility index (Phi) is 6.36. The number of H-pyrrole nitrogens is 2. The highest BCUT2D eigenvalue weighted by Crippen LogP contribution is 2.25. The van der Waals surface area contributed by atoms with Gasteiger partial charge in [-0.2, -0.15) is 5.26 Å². The van der Waals surface area contributed by atoms with Crippen LogP contribution in [0.1, 0.15) is 60.9 Å². The monoisotopic (exact) mass is 405 g/mol. The number of nitrogens with zero attached hydrogens (tertiary/aromatic N) is 2. The number of nitriles is 1. The van der Waals surface area contributed by atoms with Crippen LogP contribution in [0.2, 0.25) is 0 Å². The number of amides is 1. The molecular formula is C23H27N5O2. The SMILES string of the molecule is CCC(C)C(NC(=O)CCc1c(C)[nH]c(=O)c(C#N)c1C)c1nc2ccccc2[nH]1. The number of para-hydroxylation sites is 2. The summed E-state index contributed by atoms with van der Waals surface area (Å²) in [6.45, 7) is 7.72. The predicted octanol–water partition coefficient (Wildman–Crippen LogP) is 3.58. The van der Waals surface area contributed by atoms with Gasteiger partial charge in [-0.15, -0.1) is 0 Å². The quantitative estimate of drug-likeness (QED) is 0.557. The summed E-state index contributed by atoms with van der Waals surface area (Å²) in [7, 11) is 0. The van der Waals surface area contributed by atoms with E-state index in [2.05, 4.69) is 34.1 Å². The van der Waals surface area contributed by atoms with E-state index >= 15 is 0 Å². The fraction of sp³-hybridized carbons (Fsp3) is 0.391. The van der Waals surface area contributed by atoms with Crippen LogP contribution in [0.4, 0.5) is 0 Å². The third-order valence-electron chi connectivity index (χ3n) is 5.75. The fourth-order valence-corrected chi connectivity index (χ4v) is 3.74. The lowest BCUT2D eigenvalue weighted by molar-refractivity contribution is -0.122. The van der Waals surface area contributed by atoms with Crippen LogP contribution >= 0.6 is 0 Å². The van der Waals surface area contributed by atoms with Crippen molar-refractivity contribution in [3.8, 4) is 6.07 Å². The molecule has 0 bridgehead atoms. The van der Waals surface area contributed by atoms with Gasteiger partial charge >= 0.3 is 0 Å². The molecule has 0 fully saturated rings. The number of benzene rings is 1. The molecule has 0 aliphatic rings. The van der Waals surface area contributed by atoms with Crippen LogP contribution in [0.15, 0.2) is 29.1 Å². The maximum atomic E-state index is 12.8. The molecule has 0 saturated heterocycles. The van der Waals surface area contributed by atoms with Gasteiger partial charge in [0.1, 0.15) is 17.5 Å². The zero-order valence-corrected chi connectivity index (χ0v) is 17.8. The van der Waals surface area contributed by atoms with Crippen molar-refractivity contribution in [3.63, 3.8) is 0 Å². The zero-order chi connectivity index (χ0) is 21.8. The summed E-state index contributed by atoms with van der Waals surface area (Å²) in [5.74, 6) is 0.864. The summed E-state index contributed by atoms with van der Waals surface area (Å²) in [6.07, 6.45) is 1.60. The van der Waals surface area contributed by atoms with Gasteiger partial charge in [0.05, 0.1) is 17.1 Å². The van der Waals surface area contributed by atoms with E-state index in [0.29, 0.717) is 17.7 Å². The topological polar surface area (TPSA) is 114 Å². The molecule has 3 aromatic rings. The van der Waals surface area contributed by atoms with Crippen LogP contribution < -0.4 is 10.9 Å². The van der Waals surface area contributed by atoms with E-state index in [1.165, 1.54) is 0 Å². The van der Waals surface area contributed by atoms with Gasteiger partial charge in [-0.3, -0.25) is 9.59 Å². The Bertz CT molecular complexity index is 1140. The van der Waals surface area contributed by atoms with Gasteiger partial charge in [0.15, 0.2) is 0 Å². The summed E-state index contributed by atoms with van der Waals surface area (Å²) in [6, 6.07) is 9.53. The number of aryl methyl sites for hydroxylation is 1. The Morgan fingerprint density at radius 1 is 1.27 bits per heavy atom. The fourth-order valence-electron chi connectivity index (χ4n) is 3.74. The minimum atomic E-state index is -0.387. The highest BCUT2D eigenvalue weighted by molar-refractivity contribution is 5.78. The first-order chi connectivity index (χ1) is 14.3. The van der Waals surface area contributed by atoms with Crippen molar-refractivity contribution in [1.29, 1.82) is 5.26 Å². The van der Waals surface area contributed by atoms with Crippen LogP contribution in [0.5, 0.6) is 0 Å². The van der Waals surface area contributed by atoms with Crippen LogP contribution in [-0.2, 0) is 11.2 Å². The van der Waals surface area contributed by atoms with Gasteiger partial charge in [-0.05, 0) is 49.4 Å². The second-order valence-corrected chi connectivity index (χ2v) is 7.74. The van der Waals surface area contributed by atoms with Crippen molar-refractivity contribution >= 4 is 16.9 Å². The van der Waals surface area contributed by atoms with Crippen LogP contribution in [0.3, 0.4) is 0 Å². The Balaban J connectivity index is 1.78. The Labute approximate surface area is 175 Å². The van der Waals surface area contributed by atoms with E-state index < -0.39 is 0 Å². The number of rotatable bonds is 7. The lowest BCUT2D eigenvalue weighted by Crippen LogP contribution is -2.33. The number of carbonyl (C=O) groups is 1. The molecule has 2 heterocycles. The maximum Gasteiger partial charge on any atom is 0.266 e. The molecule has 2 atom stereocenters. The number of aromatic nitrogens is 3. The van der Waals surface area contributed by atoms with Crippen molar-refractivity contribution in [1.82, 2.24) is 20.3 Å². The summed E-state index contributed by atoms with van der Waals surface area (Å²) >= 11 is 0. The van der Waals surface area contributed by atoms with E-state index in [1.807, 2.05) is 30.3 Å². The molecule has 7 nitrogen and oxygen atoms in total. The van der Waals surface area contributed by atoms with Gasteiger partial charge in [0, 0.05) is 12.1 Å². The largest absolute Gasteiger partial charge is 0.346 e. The average molecular weight is 406 g/mol. The molecule has 156 valence electrons. The molecule has 30 heavy (non-hydrogen) atoms. The second-order valence-electron chi connectivity index (χ2n) is 7.74. The van der Waals surface area contributed by atoms with Gasteiger partial charge < -0.3 is 15.3 Å². The normalized spacial score (nSPS) is 13.0. The number of fused-ring (bicyclic) bond motifs is 1. The summed E-state index contributed by atoms with van der Waals surface area (Å²) < 4.78 is 0. The number of imidazole rings is 1. The molecule has 1 amide bonds. The Morgan fingerprint density at radius 3 is 2.67 bits per heavy atom. The number of hydrogen-bond acceptors (Lipinski definition) is 4. The summed E-state index contributed by atoms with van der Waals surface area (Å²) in [4.78, 5) is 35.4. The van der Waals surface area contributed by atoms with Crippen molar-refractivity contribution in [3.05, 3.63) is 62.8 Å². The van der Waals surface area contributed by atoms with Crippen LogP contribution in [0.25, 0.3) is 11.0 Å². The number of hydrogen-bond donors (Lipinski definition) is 3. The summed E-state index contributed by atoms with van der Waals surface area (Å²) in [5, 5.41) is 12.3. The van der Waals surface area contributed by atoms with Gasteiger partial charge in [0.2, 0.25) is 5.91 Å². The molecule has 1 aromatic carbocycles. The molecule has 3 N–H and O–H groups in total. The highest BCUT2D eigenvalue weighted by atomic mass is 16.1. The molecule has 0 aliphatic carbocycles. The van der Waals surface area contributed by atoms with E-state index in [1.54, 1.807) is 13.8 Å². The molecule has 2 aromatic heterocycles. The summed E-state index contributed by atoms with van der Waals surface area (Å²) in [5.41, 5.74) is 3.71. The van der Waals surface area contributed by atoms with E-state index in [4.69, 9.17) is 0 Å².